The monoisotopic (exact) mass is 365 g/mol. The van der Waals surface area contributed by atoms with Crippen molar-refractivity contribution >= 4 is 23.2 Å². The summed E-state index contributed by atoms with van der Waals surface area (Å²) in [5, 5.41) is 36.4. The van der Waals surface area contributed by atoms with Crippen molar-refractivity contribution in [3.05, 3.63) is 63.5 Å². The highest BCUT2D eigenvalue weighted by atomic mass is 35.5. The molecule has 2 heterocycles. The fourth-order valence-electron chi connectivity index (χ4n) is 2.41. The fourth-order valence-corrected chi connectivity index (χ4v) is 2.70. The van der Waals surface area contributed by atoms with Gasteiger partial charge in [-0.15, -0.1) is 0 Å². The third-order valence-corrected chi connectivity index (χ3v) is 4.25. The molecule has 0 bridgehead atoms. The van der Waals surface area contributed by atoms with E-state index in [0.717, 1.165) is 0 Å². The SMILES string of the molecule is [O-][n+]1cccc(-c2nn(-c3ccc(Cl)c(Cl)c3)c(O)c2CCO)c1. The van der Waals surface area contributed by atoms with Gasteiger partial charge in [-0.05, 0) is 24.3 Å². The molecule has 0 saturated carbocycles. The first-order valence-electron chi connectivity index (χ1n) is 7.07. The number of aliphatic hydroxyl groups excluding tert-OH is 1. The average Bonchev–Trinajstić information content (AvgIpc) is 2.88. The molecule has 3 aromatic rings. The molecule has 0 fully saturated rings. The predicted octanol–water partition coefficient (Wildman–Crippen LogP) is 2.72. The van der Waals surface area contributed by atoms with E-state index >= 15 is 0 Å². The van der Waals surface area contributed by atoms with Crippen molar-refractivity contribution in [3.8, 4) is 22.8 Å². The molecule has 2 aromatic heterocycles. The van der Waals surface area contributed by atoms with Gasteiger partial charge < -0.3 is 15.4 Å². The molecule has 6 nitrogen and oxygen atoms in total. The fraction of sp³-hybridized carbons (Fsp3) is 0.125. The Bertz CT molecular complexity index is 896. The van der Waals surface area contributed by atoms with Crippen molar-refractivity contribution in [1.82, 2.24) is 9.78 Å². The Morgan fingerprint density at radius 2 is 2.00 bits per heavy atom. The Morgan fingerprint density at radius 3 is 2.67 bits per heavy atom. The van der Waals surface area contributed by atoms with Crippen LogP contribution < -0.4 is 4.73 Å². The highest BCUT2D eigenvalue weighted by Gasteiger charge is 2.21. The molecular formula is C16H13Cl2N3O3. The van der Waals surface area contributed by atoms with E-state index in [1.807, 2.05) is 0 Å². The summed E-state index contributed by atoms with van der Waals surface area (Å²) in [4.78, 5) is 0. The Labute approximate surface area is 147 Å². The first-order chi connectivity index (χ1) is 11.5. The lowest BCUT2D eigenvalue weighted by atomic mass is 10.1. The standard InChI is InChI=1S/C16H13Cl2N3O3/c17-13-4-3-11(8-14(13)18)21-16(23)12(5-7-22)15(19-21)10-2-1-6-20(24)9-10/h1-4,6,8-9,22-23H,5,7H2. The summed E-state index contributed by atoms with van der Waals surface area (Å²) in [6, 6.07) is 8.12. The maximum Gasteiger partial charge on any atom is 0.218 e. The molecule has 0 atom stereocenters. The Balaban J connectivity index is 2.18. The van der Waals surface area contributed by atoms with E-state index in [2.05, 4.69) is 5.10 Å². The smallest absolute Gasteiger partial charge is 0.218 e. The number of rotatable bonds is 4. The normalized spacial score (nSPS) is 11.0. The third kappa shape index (κ3) is 3.03. The van der Waals surface area contributed by atoms with Crippen LogP contribution in [0.4, 0.5) is 0 Å². The number of nitrogens with zero attached hydrogens (tertiary/aromatic N) is 3. The number of halogens is 2. The van der Waals surface area contributed by atoms with Gasteiger partial charge in [0.25, 0.3) is 0 Å². The lowest BCUT2D eigenvalue weighted by molar-refractivity contribution is -0.604. The highest BCUT2D eigenvalue weighted by Crippen LogP contribution is 2.33. The first kappa shape index (κ1) is 16.6. The molecule has 0 spiro atoms. The van der Waals surface area contributed by atoms with Crippen LogP contribution in [0.3, 0.4) is 0 Å². The van der Waals surface area contributed by atoms with E-state index in [1.165, 1.54) is 17.1 Å². The zero-order chi connectivity index (χ0) is 17.3. The number of benzene rings is 1. The van der Waals surface area contributed by atoms with Gasteiger partial charge in [-0.25, -0.2) is 4.68 Å². The van der Waals surface area contributed by atoms with Gasteiger partial charge in [-0.2, -0.15) is 9.83 Å². The summed E-state index contributed by atoms with van der Waals surface area (Å²) in [6.45, 7) is -0.169. The van der Waals surface area contributed by atoms with Crippen LogP contribution in [-0.4, -0.2) is 26.6 Å². The second kappa shape index (κ2) is 6.68. The van der Waals surface area contributed by atoms with Crippen LogP contribution in [0, 0.1) is 5.21 Å². The zero-order valence-electron chi connectivity index (χ0n) is 12.4. The van der Waals surface area contributed by atoms with E-state index in [4.69, 9.17) is 23.2 Å². The van der Waals surface area contributed by atoms with Crippen molar-refractivity contribution in [2.45, 2.75) is 6.42 Å². The summed E-state index contributed by atoms with van der Waals surface area (Å²) in [7, 11) is 0. The summed E-state index contributed by atoms with van der Waals surface area (Å²) >= 11 is 11.9. The van der Waals surface area contributed by atoms with Gasteiger partial charge in [0.2, 0.25) is 5.88 Å². The highest BCUT2D eigenvalue weighted by molar-refractivity contribution is 6.42. The number of aliphatic hydroxyl groups is 1. The Morgan fingerprint density at radius 1 is 1.21 bits per heavy atom. The van der Waals surface area contributed by atoms with Gasteiger partial charge in [-0.3, -0.25) is 0 Å². The third-order valence-electron chi connectivity index (χ3n) is 3.51. The van der Waals surface area contributed by atoms with Gasteiger partial charge in [0.15, 0.2) is 12.4 Å². The summed E-state index contributed by atoms with van der Waals surface area (Å²) in [5.41, 5.74) is 1.90. The largest absolute Gasteiger partial charge is 0.619 e. The van der Waals surface area contributed by atoms with Crippen LogP contribution in [0.2, 0.25) is 10.0 Å². The van der Waals surface area contributed by atoms with Gasteiger partial charge in [-0.1, -0.05) is 23.2 Å². The molecule has 0 aliphatic carbocycles. The number of hydrogen-bond donors (Lipinski definition) is 2. The summed E-state index contributed by atoms with van der Waals surface area (Å²) < 4.78 is 1.94. The summed E-state index contributed by atoms with van der Waals surface area (Å²) in [5.74, 6) is -0.126. The van der Waals surface area contributed by atoms with Gasteiger partial charge >= 0.3 is 0 Å². The zero-order valence-corrected chi connectivity index (χ0v) is 13.9. The molecule has 2 N–H and O–H groups in total. The number of pyridine rings is 1. The average molecular weight is 366 g/mol. The number of aromatic hydroxyl groups is 1. The molecule has 0 aliphatic heterocycles. The molecule has 124 valence electrons. The van der Waals surface area contributed by atoms with E-state index in [0.29, 0.717) is 37.3 Å². The van der Waals surface area contributed by atoms with Crippen LogP contribution in [0.1, 0.15) is 5.56 Å². The molecular weight excluding hydrogens is 353 g/mol. The van der Waals surface area contributed by atoms with Crippen molar-refractivity contribution < 1.29 is 14.9 Å². The minimum Gasteiger partial charge on any atom is -0.619 e. The minimum absolute atomic E-state index is 0.126. The molecule has 8 heteroatoms. The van der Waals surface area contributed by atoms with Crippen LogP contribution in [0.15, 0.2) is 42.7 Å². The molecule has 0 aliphatic rings. The predicted molar refractivity (Wildman–Crippen MR) is 90.4 cm³/mol. The van der Waals surface area contributed by atoms with Crippen molar-refractivity contribution in [2.24, 2.45) is 0 Å². The lowest BCUT2D eigenvalue weighted by Crippen LogP contribution is -2.24. The van der Waals surface area contributed by atoms with Gasteiger partial charge in [0.1, 0.15) is 5.69 Å². The van der Waals surface area contributed by atoms with E-state index in [1.54, 1.807) is 30.3 Å². The van der Waals surface area contributed by atoms with Crippen LogP contribution in [0.5, 0.6) is 5.88 Å². The lowest BCUT2D eigenvalue weighted by Gasteiger charge is -2.05. The van der Waals surface area contributed by atoms with Crippen LogP contribution in [-0.2, 0) is 6.42 Å². The van der Waals surface area contributed by atoms with Crippen LogP contribution >= 0.6 is 23.2 Å². The van der Waals surface area contributed by atoms with Gasteiger partial charge in [0.05, 0.1) is 21.3 Å². The topological polar surface area (TPSA) is 85.2 Å². The number of hydrogen-bond acceptors (Lipinski definition) is 4. The molecule has 1 aromatic carbocycles. The minimum atomic E-state index is -0.169. The van der Waals surface area contributed by atoms with Crippen molar-refractivity contribution in [2.75, 3.05) is 6.61 Å². The molecule has 0 amide bonds. The van der Waals surface area contributed by atoms with E-state index in [9.17, 15) is 15.4 Å². The molecule has 3 rings (SSSR count). The first-order valence-corrected chi connectivity index (χ1v) is 7.83. The molecule has 0 saturated heterocycles. The Hall–Kier alpha value is -2.28. The quantitative estimate of drug-likeness (QED) is 0.549. The van der Waals surface area contributed by atoms with Gasteiger partial charge in [0, 0.05) is 24.7 Å². The van der Waals surface area contributed by atoms with E-state index < -0.39 is 0 Å². The van der Waals surface area contributed by atoms with E-state index in [-0.39, 0.29) is 18.9 Å². The van der Waals surface area contributed by atoms with Crippen molar-refractivity contribution in [1.29, 1.82) is 0 Å². The molecule has 0 unspecified atom stereocenters. The Kier molecular flexibility index (Phi) is 4.62. The second-order valence-electron chi connectivity index (χ2n) is 5.09. The van der Waals surface area contributed by atoms with Crippen molar-refractivity contribution in [3.63, 3.8) is 0 Å². The maximum atomic E-state index is 11.5. The summed E-state index contributed by atoms with van der Waals surface area (Å²) in [6.07, 6.45) is 2.89. The maximum absolute atomic E-state index is 11.5. The second-order valence-corrected chi connectivity index (χ2v) is 5.90. The molecule has 0 radical (unpaired) electrons. The van der Waals surface area contributed by atoms with Crippen LogP contribution in [0.25, 0.3) is 16.9 Å². The number of aromatic nitrogens is 3. The molecule has 24 heavy (non-hydrogen) atoms.